The second-order valence-electron chi connectivity index (χ2n) is 6.15. The van der Waals surface area contributed by atoms with Crippen molar-refractivity contribution in [3.05, 3.63) is 29.8 Å². The number of carbonyl (C=O) groups is 2. The fourth-order valence-electron chi connectivity index (χ4n) is 3.64. The van der Waals surface area contributed by atoms with E-state index in [9.17, 15) is 14.7 Å². The number of benzene rings is 1. The van der Waals surface area contributed by atoms with Gasteiger partial charge in [0.15, 0.2) is 0 Å². The summed E-state index contributed by atoms with van der Waals surface area (Å²) in [6.45, 7) is 0. The van der Waals surface area contributed by atoms with Crippen LogP contribution in [0.1, 0.15) is 31.2 Å². The zero-order valence-electron chi connectivity index (χ0n) is 13.2. The topological polar surface area (TPSA) is 66.8 Å². The number of amides is 1. The summed E-state index contributed by atoms with van der Waals surface area (Å²) in [5.74, 6) is 0.756. The molecule has 1 saturated heterocycles. The quantitative estimate of drug-likeness (QED) is 0.916. The Hall–Kier alpha value is -1.69. The maximum Gasteiger partial charge on any atom is 0.327 e. The molecule has 1 amide bonds. The molecule has 2 aliphatic rings. The van der Waals surface area contributed by atoms with E-state index in [1.807, 2.05) is 24.3 Å². The van der Waals surface area contributed by atoms with Crippen LogP contribution in [-0.4, -0.2) is 46.7 Å². The molecule has 1 atom stereocenters. The van der Waals surface area contributed by atoms with Crippen LogP contribution in [0.25, 0.3) is 0 Å². The van der Waals surface area contributed by atoms with Crippen molar-refractivity contribution in [2.45, 2.75) is 37.1 Å². The van der Waals surface area contributed by atoms with E-state index >= 15 is 0 Å². The summed E-state index contributed by atoms with van der Waals surface area (Å²) in [5.41, 5.74) is 0.395. The second kappa shape index (κ2) is 6.43. The molecule has 1 aromatic carbocycles. The third-order valence-electron chi connectivity index (χ3n) is 4.94. The van der Waals surface area contributed by atoms with Gasteiger partial charge >= 0.3 is 5.97 Å². The lowest BCUT2D eigenvalue weighted by Crippen LogP contribution is -2.50. The van der Waals surface area contributed by atoms with Crippen molar-refractivity contribution in [2.75, 3.05) is 18.7 Å². The number of carbonyl (C=O) groups excluding carboxylic acids is 1. The number of hydrogen-bond acceptors (Lipinski definition) is 4. The molecular formula is C17H21NO4S. The zero-order valence-corrected chi connectivity index (χ0v) is 14.0. The van der Waals surface area contributed by atoms with Crippen LogP contribution in [0, 0.1) is 0 Å². The van der Waals surface area contributed by atoms with Gasteiger partial charge in [-0.25, -0.2) is 4.79 Å². The van der Waals surface area contributed by atoms with Crippen LogP contribution in [0.5, 0.6) is 5.75 Å². The molecule has 0 bridgehead atoms. The van der Waals surface area contributed by atoms with Crippen LogP contribution >= 0.6 is 11.8 Å². The molecule has 1 aromatic rings. The van der Waals surface area contributed by atoms with E-state index in [0.717, 1.165) is 37.0 Å². The molecule has 1 aliphatic carbocycles. The first-order valence-electron chi connectivity index (χ1n) is 7.85. The van der Waals surface area contributed by atoms with E-state index in [1.165, 1.54) is 11.8 Å². The summed E-state index contributed by atoms with van der Waals surface area (Å²) < 4.78 is 5.20. The first-order chi connectivity index (χ1) is 11.1. The minimum Gasteiger partial charge on any atom is -0.497 e. The molecule has 23 heavy (non-hydrogen) atoms. The number of rotatable bonds is 4. The summed E-state index contributed by atoms with van der Waals surface area (Å²) in [5, 5.41) is 9.37. The molecule has 3 rings (SSSR count). The average molecular weight is 335 g/mol. The summed E-state index contributed by atoms with van der Waals surface area (Å²) >= 11 is 1.51. The van der Waals surface area contributed by atoms with Gasteiger partial charge in [-0.1, -0.05) is 25.0 Å². The van der Waals surface area contributed by atoms with Gasteiger partial charge in [0, 0.05) is 5.75 Å². The van der Waals surface area contributed by atoms with Gasteiger partial charge in [0.1, 0.15) is 11.8 Å². The molecule has 0 unspecified atom stereocenters. The van der Waals surface area contributed by atoms with Crippen LogP contribution in [0.3, 0.4) is 0 Å². The maximum absolute atomic E-state index is 13.3. The van der Waals surface area contributed by atoms with Crippen LogP contribution in [-0.2, 0) is 15.0 Å². The maximum atomic E-state index is 13.3. The SMILES string of the molecule is COc1ccc(C2(C(=O)N3CSC[C@@H]3C(=O)O)CCCC2)cc1. The Kier molecular flexibility index (Phi) is 4.53. The fourth-order valence-corrected chi connectivity index (χ4v) is 4.78. The number of ether oxygens (including phenoxy) is 1. The summed E-state index contributed by atoms with van der Waals surface area (Å²) in [6, 6.07) is 6.93. The van der Waals surface area contributed by atoms with Crippen LogP contribution in [0.4, 0.5) is 0 Å². The largest absolute Gasteiger partial charge is 0.497 e. The molecule has 1 heterocycles. The highest BCUT2D eigenvalue weighted by atomic mass is 32.2. The highest BCUT2D eigenvalue weighted by molar-refractivity contribution is 7.99. The van der Waals surface area contributed by atoms with E-state index in [2.05, 4.69) is 0 Å². The van der Waals surface area contributed by atoms with E-state index in [4.69, 9.17) is 4.74 Å². The van der Waals surface area contributed by atoms with E-state index in [1.54, 1.807) is 12.0 Å². The number of carboxylic acids is 1. The Balaban J connectivity index is 1.93. The predicted molar refractivity (Wildman–Crippen MR) is 88.7 cm³/mol. The molecular weight excluding hydrogens is 314 g/mol. The molecule has 0 aromatic heterocycles. The molecule has 5 nitrogen and oxygen atoms in total. The minimum atomic E-state index is -0.911. The van der Waals surface area contributed by atoms with Gasteiger partial charge in [-0.3, -0.25) is 4.79 Å². The van der Waals surface area contributed by atoms with Crippen molar-refractivity contribution < 1.29 is 19.4 Å². The smallest absolute Gasteiger partial charge is 0.327 e. The van der Waals surface area contributed by atoms with Crippen molar-refractivity contribution in [1.29, 1.82) is 0 Å². The monoisotopic (exact) mass is 335 g/mol. The molecule has 1 N–H and O–H groups in total. The molecule has 2 fully saturated rings. The van der Waals surface area contributed by atoms with Crippen LogP contribution in [0.15, 0.2) is 24.3 Å². The Morgan fingerprint density at radius 3 is 2.48 bits per heavy atom. The van der Waals surface area contributed by atoms with Crippen molar-refractivity contribution in [3.63, 3.8) is 0 Å². The molecule has 1 saturated carbocycles. The first kappa shape index (κ1) is 16.2. The van der Waals surface area contributed by atoms with Gasteiger partial charge in [0.2, 0.25) is 5.91 Å². The average Bonchev–Trinajstić information content (AvgIpc) is 3.24. The predicted octanol–water partition coefficient (Wildman–Crippen LogP) is 2.49. The number of aliphatic carboxylic acids is 1. The van der Waals surface area contributed by atoms with Crippen LogP contribution < -0.4 is 4.74 Å². The standard InChI is InChI=1S/C17H21NO4S/c1-22-13-6-4-12(5-7-13)17(8-2-3-9-17)16(21)18-11-23-10-14(18)15(19)20/h4-7,14H,2-3,8-11H2,1H3,(H,19,20)/t14-/m1/s1. The number of thioether (sulfide) groups is 1. The second-order valence-corrected chi connectivity index (χ2v) is 7.15. The normalized spacial score (nSPS) is 23.0. The van der Waals surface area contributed by atoms with E-state index in [0.29, 0.717) is 11.6 Å². The molecule has 1 aliphatic heterocycles. The van der Waals surface area contributed by atoms with Crippen LogP contribution in [0.2, 0.25) is 0 Å². The van der Waals surface area contributed by atoms with Crippen molar-refractivity contribution in [3.8, 4) is 5.75 Å². The van der Waals surface area contributed by atoms with Gasteiger partial charge in [-0.15, -0.1) is 11.8 Å². The lowest BCUT2D eigenvalue weighted by Gasteiger charge is -2.34. The third-order valence-corrected chi connectivity index (χ3v) is 5.95. The highest BCUT2D eigenvalue weighted by Crippen LogP contribution is 2.44. The number of carboxylic acid groups (broad SMARTS) is 1. The van der Waals surface area contributed by atoms with Crippen molar-refractivity contribution in [2.24, 2.45) is 0 Å². The van der Waals surface area contributed by atoms with E-state index < -0.39 is 17.4 Å². The summed E-state index contributed by atoms with van der Waals surface area (Å²) in [4.78, 5) is 26.2. The summed E-state index contributed by atoms with van der Waals surface area (Å²) in [6.07, 6.45) is 3.56. The Labute approximate surface area is 140 Å². The molecule has 0 spiro atoms. The van der Waals surface area contributed by atoms with Gasteiger partial charge in [-0.2, -0.15) is 0 Å². The van der Waals surface area contributed by atoms with Gasteiger partial charge in [0.25, 0.3) is 0 Å². The first-order valence-corrected chi connectivity index (χ1v) is 9.00. The minimum absolute atomic E-state index is 0.0300. The molecule has 124 valence electrons. The third kappa shape index (κ3) is 2.80. The Morgan fingerprint density at radius 1 is 1.26 bits per heavy atom. The van der Waals surface area contributed by atoms with Gasteiger partial charge in [-0.05, 0) is 30.5 Å². The Morgan fingerprint density at radius 2 is 1.91 bits per heavy atom. The Bertz CT molecular complexity index is 595. The highest BCUT2D eigenvalue weighted by Gasteiger charge is 2.48. The summed E-state index contributed by atoms with van der Waals surface area (Å²) in [7, 11) is 1.62. The zero-order chi connectivity index (χ0) is 16.4. The number of nitrogens with zero attached hydrogens (tertiary/aromatic N) is 1. The number of methoxy groups -OCH3 is 1. The van der Waals surface area contributed by atoms with Crippen molar-refractivity contribution >= 4 is 23.6 Å². The lowest BCUT2D eigenvalue weighted by molar-refractivity contribution is -0.150. The van der Waals surface area contributed by atoms with Crippen molar-refractivity contribution in [1.82, 2.24) is 4.90 Å². The fraction of sp³-hybridized carbons (Fsp3) is 0.529. The number of hydrogen-bond donors (Lipinski definition) is 1. The van der Waals surface area contributed by atoms with Gasteiger partial charge in [0.05, 0.1) is 18.4 Å². The molecule has 0 radical (unpaired) electrons. The van der Waals surface area contributed by atoms with Gasteiger partial charge < -0.3 is 14.7 Å². The van der Waals surface area contributed by atoms with E-state index in [-0.39, 0.29) is 5.91 Å². The molecule has 6 heteroatoms. The lowest BCUT2D eigenvalue weighted by atomic mass is 9.77.